The van der Waals surface area contributed by atoms with Crippen molar-refractivity contribution >= 4 is 42.9 Å². The van der Waals surface area contributed by atoms with Crippen LogP contribution in [0, 0.1) is 0 Å². The van der Waals surface area contributed by atoms with Gasteiger partial charge in [-0.2, -0.15) is 0 Å². The summed E-state index contributed by atoms with van der Waals surface area (Å²) < 4.78 is 47.1. The second-order valence-electron chi connectivity index (χ2n) is 7.10. The van der Waals surface area contributed by atoms with Crippen LogP contribution < -0.4 is 16.4 Å². The molecule has 0 saturated carbocycles. The number of aryl methyl sites for hydroxylation is 1. The number of nitrogens with one attached hydrogen (secondary N) is 2. The van der Waals surface area contributed by atoms with Gasteiger partial charge in [0.25, 0.3) is 5.91 Å². The molecular weight excluding hydrogens is 430 g/mol. The highest BCUT2D eigenvalue weighted by Crippen LogP contribution is 2.25. The van der Waals surface area contributed by atoms with Gasteiger partial charge in [-0.25, -0.2) is 26.8 Å². The number of nitrogens with zero attached hydrogens (tertiary/aromatic N) is 2. The first-order chi connectivity index (χ1) is 14.0. The molecule has 3 rings (SSSR count). The third-order valence-electron chi connectivity index (χ3n) is 4.63. The quantitative estimate of drug-likeness (QED) is 0.552. The molecule has 12 heteroatoms. The molecule has 1 aliphatic rings. The lowest BCUT2D eigenvalue weighted by Gasteiger charge is -2.17. The van der Waals surface area contributed by atoms with E-state index in [1.54, 1.807) is 12.1 Å². The van der Waals surface area contributed by atoms with Gasteiger partial charge in [0.1, 0.15) is 0 Å². The Morgan fingerprint density at radius 2 is 2.00 bits per heavy atom. The molecular formula is C18H23N5O5S2. The first-order valence-corrected chi connectivity index (χ1v) is 12.9. The number of hydrogen-bond acceptors (Lipinski definition) is 9. The van der Waals surface area contributed by atoms with Crippen molar-refractivity contribution in [2.24, 2.45) is 5.73 Å². The Balaban J connectivity index is 1.99. The minimum Gasteiger partial charge on any atom is -0.365 e. The monoisotopic (exact) mass is 453 g/mol. The van der Waals surface area contributed by atoms with Crippen LogP contribution in [0.4, 0.5) is 17.3 Å². The van der Waals surface area contributed by atoms with Gasteiger partial charge in [-0.1, -0.05) is 13.0 Å². The normalized spacial score (nSPS) is 18.1. The zero-order chi connectivity index (χ0) is 22.1. The molecule has 1 unspecified atom stereocenters. The van der Waals surface area contributed by atoms with Crippen LogP contribution in [-0.2, 0) is 26.1 Å². The Morgan fingerprint density at radius 3 is 2.57 bits per heavy atom. The van der Waals surface area contributed by atoms with Crippen molar-refractivity contribution < 1.29 is 21.6 Å². The fraction of sp³-hybridized carbons (Fsp3) is 0.389. The van der Waals surface area contributed by atoms with Gasteiger partial charge in [0.05, 0.1) is 22.1 Å². The van der Waals surface area contributed by atoms with Gasteiger partial charge in [0, 0.05) is 18.0 Å². The number of carbonyl (C=O) groups is 1. The third-order valence-corrected chi connectivity index (χ3v) is 7.51. The Kier molecular flexibility index (Phi) is 5.99. The number of anilines is 3. The van der Waals surface area contributed by atoms with Gasteiger partial charge in [-0.05, 0) is 31.0 Å². The van der Waals surface area contributed by atoms with E-state index in [1.807, 2.05) is 6.92 Å². The summed E-state index contributed by atoms with van der Waals surface area (Å²) in [6, 6.07) is 5.72. The Hall–Kier alpha value is -2.73. The molecule has 4 N–H and O–H groups in total. The predicted octanol–water partition coefficient (Wildman–Crippen LogP) is 0.884. The molecule has 1 aromatic carbocycles. The first kappa shape index (κ1) is 22.0. The summed E-state index contributed by atoms with van der Waals surface area (Å²) in [6.45, 7) is 1.83. The molecule has 1 aromatic heterocycles. The molecule has 0 spiro atoms. The van der Waals surface area contributed by atoms with Crippen LogP contribution in [0.1, 0.15) is 29.5 Å². The number of nitrogens with two attached hydrogens (primary N) is 1. The maximum atomic E-state index is 11.9. The number of aromatic nitrogens is 2. The van der Waals surface area contributed by atoms with Crippen molar-refractivity contribution in [1.29, 1.82) is 0 Å². The lowest BCUT2D eigenvalue weighted by atomic mass is 10.2. The summed E-state index contributed by atoms with van der Waals surface area (Å²) >= 11 is 0. The van der Waals surface area contributed by atoms with Gasteiger partial charge in [0.2, 0.25) is 0 Å². The summed E-state index contributed by atoms with van der Waals surface area (Å²) in [5, 5.41) is 6.01. The van der Waals surface area contributed by atoms with E-state index in [1.165, 1.54) is 12.1 Å². The summed E-state index contributed by atoms with van der Waals surface area (Å²) in [7, 11) is -6.52. The summed E-state index contributed by atoms with van der Waals surface area (Å²) in [5.41, 5.74) is 6.23. The van der Waals surface area contributed by atoms with Crippen molar-refractivity contribution in [2.45, 2.75) is 30.7 Å². The minimum atomic E-state index is -3.43. The minimum absolute atomic E-state index is 0.00539. The van der Waals surface area contributed by atoms with E-state index in [0.717, 1.165) is 6.26 Å². The molecule has 1 amide bonds. The van der Waals surface area contributed by atoms with Crippen molar-refractivity contribution in [1.82, 2.24) is 9.97 Å². The second-order valence-corrected chi connectivity index (χ2v) is 11.3. The topological polar surface area (TPSA) is 161 Å². The molecule has 0 bridgehead atoms. The van der Waals surface area contributed by atoms with E-state index >= 15 is 0 Å². The summed E-state index contributed by atoms with van der Waals surface area (Å²) in [4.78, 5) is 20.8. The van der Waals surface area contributed by atoms with Crippen molar-refractivity contribution in [2.75, 3.05) is 28.4 Å². The van der Waals surface area contributed by atoms with Crippen molar-refractivity contribution in [3.8, 4) is 0 Å². The molecule has 1 fully saturated rings. The first-order valence-electron chi connectivity index (χ1n) is 9.23. The van der Waals surface area contributed by atoms with Crippen LogP contribution in [0.3, 0.4) is 0 Å². The van der Waals surface area contributed by atoms with Gasteiger partial charge in [-0.15, -0.1) is 0 Å². The standard InChI is InChI=1S/C18H23N5O5S2/c1-3-14-17(21-12-7-8-30(27,28)10-12)23-18(15(22-14)16(19)24)20-11-5-4-6-13(9-11)29(2,25)26/h4-6,9,12H,3,7-8,10H2,1-2H3,(H2,19,24)(H2,20,21,23). The summed E-state index contributed by atoms with van der Waals surface area (Å²) in [5.74, 6) is -0.300. The maximum absolute atomic E-state index is 11.9. The molecule has 1 atom stereocenters. The fourth-order valence-corrected chi connectivity index (χ4v) is 5.47. The number of rotatable bonds is 7. The molecule has 2 aromatic rings. The molecule has 162 valence electrons. The number of amides is 1. The zero-order valence-electron chi connectivity index (χ0n) is 16.5. The van der Waals surface area contributed by atoms with Crippen molar-refractivity contribution in [3.63, 3.8) is 0 Å². The van der Waals surface area contributed by atoms with E-state index in [9.17, 15) is 21.6 Å². The average Bonchev–Trinajstić information content (AvgIpc) is 2.99. The molecule has 10 nitrogen and oxygen atoms in total. The second kappa shape index (κ2) is 8.19. The van der Waals surface area contributed by atoms with Crippen LogP contribution in [0.15, 0.2) is 29.2 Å². The zero-order valence-corrected chi connectivity index (χ0v) is 18.2. The highest BCUT2D eigenvalue weighted by atomic mass is 32.2. The predicted molar refractivity (Wildman–Crippen MR) is 113 cm³/mol. The number of hydrogen-bond donors (Lipinski definition) is 3. The van der Waals surface area contributed by atoms with Gasteiger partial charge >= 0.3 is 0 Å². The molecule has 30 heavy (non-hydrogen) atoms. The summed E-state index contributed by atoms with van der Waals surface area (Å²) in [6.07, 6.45) is 1.98. The van der Waals surface area contributed by atoms with Crippen molar-refractivity contribution in [3.05, 3.63) is 35.7 Å². The van der Waals surface area contributed by atoms with Crippen LogP contribution in [0.5, 0.6) is 0 Å². The molecule has 0 radical (unpaired) electrons. The molecule has 1 aliphatic heterocycles. The Bertz CT molecular complexity index is 1200. The van der Waals surface area contributed by atoms with Gasteiger partial charge in [0.15, 0.2) is 37.0 Å². The van der Waals surface area contributed by atoms with E-state index in [0.29, 0.717) is 30.0 Å². The number of primary amides is 1. The van der Waals surface area contributed by atoms with E-state index in [2.05, 4.69) is 20.6 Å². The number of benzene rings is 1. The highest BCUT2D eigenvalue weighted by molar-refractivity contribution is 7.91. The molecule has 0 aliphatic carbocycles. The number of carbonyl (C=O) groups excluding carboxylic acids is 1. The lowest BCUT2D eigenvalue weighted by molar-refractivity contribution is 0.0996. The third kappa shape index (κ3) is 5.05. The lowest BCUT2D eigenvalue weighted by Crippen LogP contribution is -2.24. The SMILES string of the molecule is CCc1nc(C(N)=O)c(Nc2cccc(S(C)(=O)=O)c2)nc1NC1CCS(=O)(=O)C1. The van der Waals surface area contributed by atoms with E-state index in [-0.39, 0.29) is 34.0 Å². The Morgan fingerprint density at radius 1 is 1.27 bits per heavy atom. The maximum Gasteiger partial charge on any atom is 0.271 e. The Labute approximate surface area is 175 Å². The largest absolute Gasteiger partial charge is 0.365 e. The van der Waals surface area contributed by atoms with Crippen LogP contribution in [0.25, 0.3) is 0 Å². The molecule has 2 heterocycles. The average molecular weight is 454 g/mol. The molecule has 1 saturated heterocycles. The van der Waals surface area contributed by atoms with E-state index < -0.39 is 25.6 Å². The number of sulfone groups is 2. The van der Waals surface area contributed by atoms with Gasteiger partial charge in [-0.3, -0.25) is 4.79 Å². The highest BCUT2D eigenvalue weighted by Gasteiger charge is 2.29. The smallest absolute Gasteiger partial charge is 0.271 e. The van der Waals surface area contributed by atoms with Crippen LogP contribution in [-0.4, -0.2) is 56.5 Å². The van der Waals surface area contributed by atoms with Crippen LogP contribution in [0.2, 0.25) is 0 Å². The fourth-order valence-electron chi connectivity index (χ4n) is 3.13. The van der Waals surface area contributed by atoms with E-state index in [4.69, 9.17) is 5.73 Å². The van der Waals surface area contributed by atoms with Gasteiger partial charge < -0.3 is 16.4 Å². The van der Waals surface area contributed by atoms with Crippen LogP contribution >= 0.6 is 0 Å².